The van der Waals surface area contributed by atoms with Crippen molar-refractivity contribution in [3.63, 3.8) is 0 Å². The number of benzene rings is 1. The minimum atomic E-state index is -0.238. The van der Waals surface area contributed by atoms with E-state index in [0.717, 1.165) is 45.6 Å². The van der Waals surface area contributed by atoms with Gasteiger partial charge in [-0.2, -0.15) is 0 Å². The Morgan fingerprint density at radius 3 is 2.75 bits per heavy atom. The van der Waals surface area contributed by atoms with Gasteiger partial charge in [-0.05, 0) is 37.9 Å². The maximum Gasteiger partial charge on any atom is 0.126 e. The fraction of sp³-hybridized carbons (Fsp3) is 0.625. The molecule has 3 nitrogen and oxygen atoms in total. The van der Waals surface area contributed by atoms with Gasteiger partial charge in [-0.25, -0.2) is 4.39 Å². The van der Waals surface area contributed by atoms with Crippen molar-refractivity contribution in [2.45, 2.75) is 25.4 Å². The van der Waals surface area contributed by atoms with Crippen LogP contribution >= 0.6 is 0 Å². The summed E-state index contributed by atoms with van der Waals surface area (Å²) in [4.78, 5) is 0. The summed E-state index contributed by atoms with van der Waals surface area (Å²) < 4.78 is 25.0. The second kappa shape index (κ2) is 6.55. The van der Waals surface area contributed by atoms with Crippen molar-refractivity contribution in [1.29, 1.82) is 0 Å². The Bertz CT molecular complexity index is 428. The molecule has 0 aliphatic carbocycles. The summed E-state index contributed by atoms with van der Waals surface area (Å²) in [6.45, 7) is 3.68. The van der Waals surface area contributed by atoms with Crippen LogP contribution in [0.1, 0.15) is 19.3 Å². The lowest BCUT2D eigenvalue weighted by Crippen LogP contribution is -2.39. The van der Waals surface area contributed by atoms with Crippen LogP contribution in [0.25, 0.3) is 0 Å². The molecule has 0 saturated carbocycles. The van der Waals surface area contributed by atoms with Gasteiger partial charge in [0.1, 0.15) is 17.7 Å². The van der Waals surface area contributed by atoms with Gasteiger partial charge in [0.2, 0.25) is 0 Å². The van der Waals surface area contributed by atoms with Crippen molar-refractivity contribution in [2.75, 3.05) is 26.3 Å². The van der Waals surface area contributed by atoms with Crippen LogP contribution in [-0.4, -0.2) is 32.4 Å². The second-order valence-corrected chi connectivity index (χ2v) is 5.74. The zero-order chi connectivity index (χ0) is 13.8. The van der Waals surface area contributed by atoms with E-state index < -0.39 is 0 Å². The third-order valence-electron chi connectivity index (χ3n) is 4.36. The topological polar surface area (TPSA) is 30.5 Å². The molecular weight excluding hydrogens is 257 g/mol. The molecule has 3 rings (SSSR count). The average molecular weight is 279 g/mol. The normalized spacial score (nSPS) is 25.6. The molecule has 2 atom stereocenters. The predicted molar refractivity (Wildman–Crippen MR) is 75.3 cm³/mol. The van der Waals surface area contributed by atoms with Crippen molar-refractivity contribution in [1.82, 2.24) is 5.32 Å². The first-order chi connectivity index (χ1) is 9.83. The van der Waals surface area contributed by atoms with Gasteiger partial charge in [0, 0.05) is 37.7 Å². The van der Waals surface area contributed by atoms with Gasteiger partial charge in [-0.1, -0.05) is 6.07 Å². The fourth-order valence-electron chi connectivity index (χ4n) is 3.28. The van der Waals surface area contributed by atoms with Crippen molar-refractivity contribution in [2.24, 2.45) is 11.8 Å². The van der Waals surface area contributed by atoms with Crippen molar-refractivity contribution >= 4 is 0 Å². The Kier molecular flexibility index (Phi) is 4.53. The highest BCUT2D eigenvalue weighted by atomic mass is 19.1. The predicted octanol–water partition coefficient (Wildman–Crippen LogP) is 2.61. The third kappa shape index (κ3) is 3.30. The number of ether oxygens (including phenoxy) is 2. The standard InChI is InChI=1S/C16H22FNO2/c17-14-2-1-3-15(10-14)20-16(13-4-7-18-11-13)12-5-8-19-9-6-12/h1-3,10,12-13,16,18H,4-9,11H2/t13?,16-/m1/s1. The number of halogens is 1. The van der Waals surface area contributed by atoms with Crippen LogP contribution in [0.5, 0.6) is 5.75 Å². The minimum absolute atomic E-state index is 0.163. The lowest BCUT2D eigenvalue weighted by atomic mass is 9.85. The maximum atomic E-state index is 13.3. The summed E-state index contributed by atoms with van der Waals surface area (Å²) in [6.07, 6.45) is 3.38. The molecule has 1 N–H and O–H groups in total. The smallest absolute Gasteiger partial charge is 0.126 e. The van der Waals surface area contributed by atoms with Gasteiger partial charge in [0.15, 0.2) is 0 Å². The monoisotopic (exact) mass is 279 g/mol. The molecule has 0 aromatic heterocycles. The molecule has 110 valence electrons. The Balaban J connectivity index is 1.73. The molecule has 2 heterocycles. The largest absolute Gasteiger partial charge is 0.490 e. The van der Waals surface area contributed by atoms with Gasteiger partial charge in [0.05, 0.1) is 0 Å². The molecule has 2 saturated heterocycles. The van der Waals surface area contributed by atoms with Crippen molar-refractivity contribution in [3.8, 4) is 5.75 Å². The maximum absolute atomic E-state index is 13.3. The van der Waals surface area contributed by atoms with Crippen LogP contribution in [0.3, 0.4) is 0 Å². The summed E-state index contributed by atoms with van der Waals surface area (Å²) >= 11 is 0. The molecular formula is C16H22FNO2. The molecule has 1 aromatic rings. The average Bonchev–Trinajstić information content (AvgIpc) is 3.00. The first-order valence-corrected chi connectivity index (χ1v) is 7.53. The zero-order valence-electron chi connectivity index (χ0n) is 11.7. The molecule has 0 amide bonds. The Hall–Kier alpha value is -1.13. The lowest BCUT2D eigenvalue weighted by Gasteiger charge is -2.34. The van der Waals surface area contributed by atoms with Crippen LogP contribution in [0.4, 0.5) is 4.39 Å². The Labute approximate surface area is 119 Å². The first-order valence-electron chi connectivity index (χ1n) is 7.53. The molecule has 0 spiro atoms. The van der Waals surface area contributed by atoms with Crippen LogP contribution in [0.15, 0.2) is 24.3 Å². The van der Waals surface area contributed by atoms with Crippen LogP contribution in [0, 0.1) is 17.7 Å². The quantitative estimate of drug-likeness (QED) is 0.919. The summed E-state index contributed by atoms with van der Waals surface area (Å²) in [5, 5.41) is 3.40. The van der Waals surface area contributed by atoms with Crippen molar-refractivity contribution < 1.29 is 13.9 Å². The summed E-state index contributed by atoms with van der Waals surface area (Å²) in [6, 6.07) is 6.48. The summed E-state index contributed by atoms with van der Waals surface area (Å²) in [5.74, 6) is 1.43. The van der Waals surface area contributed by atoms with E-state index in [4.69, 9.17) is 9.47 Å². The lowest BCUT2D eigenvalue weighted by molar-refractivity contribution is -0.00144. The summed E-state index contributed by atoms with van der Waals surface area (Å²) in [7, 11) is 0. The van der Waals surface area contributed by atoms with E-state index in [-0.39, 0.29) is 11.9 Å². The molecule has 20 heavy (non-hydrogen) atoms. The SMILES string of the molecule is Fc1cccc(O[C@H](C2CCOCC2)C2CCNC2)c1. The van der Waals surface area contributed by atoms with Gasteiger partial charge in [-0.3, -0.25) is 0 Å². The molecule has 2 aliphatic rings. The van der Waals surface area contributed by atoms with E-state index in [2.05, 4.69) is 5.32 Å². The highest BCUT2D eigenvalue weighted by molar-refractivity contribution is 5.23. The molecule has 1 unspecified atom stereocenters. The Morgan fingerprint density at radius 2 is 2.05 bits per heavy atom. The van der Waals surface area contributed by atoms with Gasteiger partial charge in [0.25, 0.3) is 0 Å². The number of nitrogens with one attached hydrogen (secondary N) is 1. The number of hydrogen-bond donors (Lipinski definition) is 1. The van der Waals surface area contributed by atoms with E-state index in [1.807, 2.05) is 6.07 Å². The van der Waals surface area contributed by atoms with Crippen LogP contribution in [0.2, 0.25) is 0 Å². The van der Waals surface area contributed by atoms with E-state index >= 15 is 0 Å². The molecule has 0 radical (unpaired) electrons. The molecule has 0 bridgehead atoms. The minimum Gasteiger partial charge on any atom is -0.490 e. The number of rotatable bonds is 4. The van der Waals surface area contributed by atoms with E-state index in [0.29, 0.717) is 17.6 Å². The van der Waals surface area contributed by atoms with Gasteiger partial charge >= 0.3 is 0 Å². The van der Waals surface area contributed by atoms with Crippen LogP contribution < -0.4 is 10.1 Å². The molecule has 2 aliphatic heterocycles. The highest BCUT2D eigenvalue weighted by Gasteiger charge is 2.34. The van der Waals surface area contributed by atoms with Gasteiger partial charge < -0.3 is 14.8 Å². The van der Waals surface area contributed by atoms with E-state index in [1.54, 1.807) is 6.07 Å². The highest BCUT2D eigenvalue weighted by Crippen LogP contribution is 2.31. The first kappa shape index (κ1) is 13.8. The molecule has 2 fully saturated rings. The third-order valence-corrected chi connectivity index (χ3v) is 4.36. The number of hydrogen-bond acceptors (Lipinski definition) is 3. The summed E-state index contributed by atoms with van der Waals surface area (Å²) in [5.41, 5.74) is 0. The van der Waals surface area contributed by atoms with Crippen LogP contribution in [-0.2, 0) is 4.74 Å². The van der Waals surface area contributed by atoms with E-state index in [9.17, 15) is 4.39 Å². The van der Waals surface area contributed by atoms with Gasteiger partial charge in [-0.15, -0.1) is 0 Å². The second-order valence-electron chi connectivity index (χ2n) is 5.74. The zero-order valence-corrected chi connectivity index (χ0v) is 11.7. The fourth-order valence-corrected chi connectivity index (χ4v) is 3.28. The molecule has 1 aromatic carbocycles. The molecule has 4 heteroatoms. The Morgan fingerprint density at radius 1 is 1.20 bits per heavy atom. The van der Waals surface area contributed by atoms with E-state index in [1.165, 1.54) is 12.1 Å². The van der Waals surface area contributed by atoms with Crippen molar-refractivity contribution in [3.05, 3.63) is 30.1 Å².